The van der Waals surface area contributed by atoms with Gasteiger partial charge in [-0.15, -0.1) is 0 Å². The first-order chi connectivity index (χ1) is 7.45. The van der Waals surface area contributed by atoms with Crippen LogP contribution in [0.3, 0.4) is 0 Å². The number of carboxylic acid groups (broad SMARTS) is 1. The topological polar surface area (TPSA) is 83.7 Å². The Kier molecular flexibility index (Phi) is 3.68. The predicted molar refractivity (Wildman–Crippen MR) is 59.2 cm³/mol. The van der Waals surface area contributed by atoms with E-state index in [9.17, 15) is 14.9 Å². The number of nitrogens with zero attached hydrogens (tertiary/aromatic N) is 2. The highest BCUT2D eigenvalue weighted by molar-refractivity contribution is 6.31. The van der Waals surface area contributed by atoms with Crippen LogP contribution in [0.2, 0.25) is 5.02 Å². The van der Waals surface area contributed by atoms with Gasteiger partial charge in [0.15, 0.2) is 0 Å². The lowest BCUT2D eigenvalue weighted by Gasteiger charge is -2.16. The predicted octanol–water partition coefficient (Wildman–Crippen LogP) is 2.75. The van der Waals surface area contributed by atoms with Crippen molar-refractivity contribution in [1.82, 2.24) is 0 Å². The molecule has 16 heavy (non-hydrogen) atoms. The second-order valence-corrected chi connectivity index (χ2v) is 3.39. The first-order valence-corrected chi connectivity index (χ1v) is 4.79. The van der Waals surface area contributed by atoms with Gasteiger partial charge < -0.3 is 5.11 Å². The van der Waals surface area contributed by atoms with Gasteiger partial charge >= 0.3 is 6.09 Å². The van der Waals surface area contributed by atoms with Crippen molar-refractivity contribution < 1.29 is 14.8 Å². The molecule has 0 aliphatic carbocycles. The normalized spacial score (nSPS) is 9.88. The molecule has 7 heteroatoms. The Morgan fingerprint density at radius 3 is 2.62 bits per heavy atom. The SMILES string of the molecule is CCN(C(=O)O)c1cc(Cl)cc([N+](=O)[O-])c1. The van der Waals surface area contributed by atoms with Crippen molar-refractivity contribution in [3.05, 3.63) is 33.3 Å². The van der Waals surface area contributed by atoms with Gasteiger partial charge in [0.25, 0.3) is 5.69 Å². The van der Waals surface area contributed by atoms with Gasteiger partial charge in [-0.25, -0.2) is 4.79 Å². The van der Waals surface area contributed by atoms with E-state index in [1.165, 1.54) is 18.2 Å². The Hall–Kier alpha value is -1.82. The molecule has 0 bridgehead atoms. The Bertz CT molecular complexity index is 436. The van der Waals surface area contributed by atoms with E-state index in [1.807, 2.05) is 0 Å². The Balaban J connectivity index is 3.22. The molecule has 0 saturated heterocycles. The maximum atomic E-state index is 10.8. The number of non-ortho nitro benzene ring substituents is 1. The molecule has 0 saturated carbocycles. The Labute approximate surface area is 96.2 Å². The van der Waals surface area contributed by atoms with Crippen LogP contribution in [0.4, 0.5) is 16.2 Å². The summed E-state index contributed by atoms with van der Waals surface area (Å²) in [6.07, 6.45) is -1.18. The minimum absolute atomic E-state index is 0.129. The number of nitro benzene ring substituents is 1. The molecule has 1 rings (SSSR count). The molecular weight excluding hydrogens is 236 g/mol. The average Bonchev–Trinajstić information content (AvgIpc) is 2.17. The average molecular weight is 245 g/mol. The first-order valence-electron chi connectivity index (χ1n) is 4.41. The first kappa shape index (κ1) is 12.3. The van der Waals surface area contributed by atoms with E-state index in [4.69, 9.17) is 16.7 Å². The number of amides is 1. The molecule has 1 N–H and O–H groups in total. The van der Waals surface area contributed by atoms with Gasteiger partial charge in [-0.3, -0.25) is 15.0 Å². The van der Waals surface area contributed by atoms with Gasteiger partial charge in [-0.2, -0.15) is 0 Å². The molecule has 1 aromatic carbocycles. The van der Waals surface area contributed by atoms with E-state index in [0.29, 0.717) is 0 Å². The van der Waals surface area contributed by atoms with Gasteiger partial charge in [0.05, 0.1) is 10.6 Å². The number of hydrogen-bond acceptors (Lipinski definition) is 3. The monoisotopic (exact) mass is 244 g/mol. The van der Waals surface area contributed by atoms with E-state index in [-0.39, 0.29) is 22.9 Å². The van der Waals surface area contributed by atoms with Gasteiger partial charge in [0.1, 0.15) is 0 Å². The molecule has 0 aliphatic rings. The van der Waals surface area contributed by atoms with Crippen LogP contribution < -0.4 is 4.90 Å². The largest absolute Gasteiger partial charge is 0.465 e. The molecule has 1 amide bonds. The fourth-order valence-corrected chi connectivity index (χ4v) is 1.47. The minimum atomic E-state index is -1.18. The van der Waals surface area contributed by atoms with Crippen LogP contribution in [-0.4, -0.2) is 22.7 Å². The maximum Gasteiger partial charge on any atom is 0.411 e. The number of halogens is 1. The van der Waals surface area contributed by atoms with Crippen molar-refractivity contribution >= 4 is 29.1 Å². The highest BCUT2D eigenvalue weighted by Gasteiger charge is 2.16. The molecule has 0 spiro atoms. The van der Waals surface area contributed by atoms with Crippen LogP contribution in [0, 0.1) is 10.1 Å². The minimum Gasteiger partial charge on any atom is -0.465 e. The fraction of sp³-hybridized carbons (Fsp3) is 0.222. The molecule has 0 fully saturated rings. The third-order valence-corrected chi connectivity index (χ3v) is 2.16. The highest BCUT2D eigenvalue weighted by atomic mass is 35.5. The second-order valence-electron chi connectivity index (χ2n) is 2.95. The van der Waals surface area contributed by atoms with Crippen molar-refractivity contribution in [1.29, 1.82) is 0 Å². The zero-order chi connectivity index (χ0) is 12.3. The molecule has 0 unspecified atom stereocenters. The van der Waals surface area contributed by atoms with Crippen LogP contribution in [0.1, 0.15) is 6.92 Å². The summed E-state index contributed by atoms with van der Waals surface area (Å²) >= 11 is 5.68. The molecule has 0 atom stereocenters. The van der Waals surface area contributed by atoms with E-state index in [1.54, 1.807) is 6.92 Å². The Morgan fingerprint density at radius 1 is 1.56 bits per heavy atom. The quantitative estimate of drug-likeness (QED) is 0.654. The number of anilines is 1. The number of rotatable bonds is 3. The van der Waals surface area contributed by atoms with E-state index in [2.05, 4.69) is 0 Å². The van der Waals surface area contributed by atoms with Gasteiger partial charge in [-0.1, -0.05) is 11.6 Å². The molecule has 0 aromatic heterocycles. The van der Waals surface area contributed by atoms with Gasteiger partial charge in [0.2, 0.25) is 0 Å². The number of nitro groups is 1. The third-order valence-electron chi connectivity index (χ3n) is 1.94. The highest BCUT2D eigenvalue weighted by Crippen LogP contribution is 2.26. The molecule has 6 nitrogen and oxygen atoms in total. The maximum absolute atomic E-state index is 10.8. The standard InChI is InChI=1S/C9H9ClN2O4/c1-2-11(9(13)14)7-3-6(10)4-8(5-7)12(15)16/h3-5H,2H2,1H3,(H,13,14). The van der Waals surface area contributed by atoms with Crippen LogP contribution >= 0.6 is 11.6 Å². The summed E-state index contributed by atoms with van der Waals surface area (Å²) in [5.41, 5.74) is -0.0450. The lowest BCUT2D eigenvalue weighted by Crippen LogP contribution is -2.28. The smallest absolute Gasteiger partial charge is 0.411 e. The molecule has 0 heterocycles. The molecule has 0 radical (unpaired) electrons. The summed E-state index contributed by atoms with van der Waals surface area (Å²) in [5.74, 6) is 0. The fourth-order valence-electron chi connectivity index (χ4n) is 1.25. The van der Waals surface area contributed by atoms with Crippen molar-refractivity contribution in [2.45, 2.75) is 6.92 Å². The Morgan fingerprint density at radius 2 is 2.19 bits per heavy atom. The van der Waals surface area contributed by atoms with Crippen LogP contribution in [0.5, 0.6) is 0 Å². The van der Waals surface area contributed by atoms with Crippen molar-refractivity contribution in [3.63, 3.8) is 0 Å². The molecule has 0 aliphatic heterocycles. The zero-order valence-corrected chi connectivity index (χ0v) is 9.14. The van der Waals surface area contributed by atoms with Crippen molar-refractivity contribution in [2.75, 3.05) is 11.4 Å². The summed E-state index contributed by atoms with van der Waals surface area (Å²) in [6, 6.07) is 3.70. The van der Waals surface area contributed by atoms with Gasteiger partial charge in [0, 0.05) is 23.7 Å². The van der Waals surface area contributed by atoms with Crippen molar-refractivity contribution in [2.24, 2.45) is 0 Å². The summed E-state index contributed by atoms with van der Waals surface area (Å²) in [6.45, 7) is 1.81. The van der Waals surface area contributed by atoms with Gasteiger partial charge in [-0.05, 0) is 13.0 Å². The van der Waals surface area contributed by atoms with E-state index in [0.717, 1.165) is 4.90 Å². The molecule has 1 aromatic rings. The number of carbonyl (C=O) groups is 1. The second kappa shape index (κ2) is 4.80. The summed E-state index contributed by atoms with van der Waals surface area (Å²) in [4.78, 5) is 21.8. The number of hydrogen-bond donors (Lipinski definition) is 1. The zero-order valence-electron chi connectivity index (χ0n) is 8.38. The third kappa shape index (κ3) is 2.60. The van der Waals surface area contributed by atoms with Crippen LogP contribution in [0.15, 0.2) is 18.2 Å². The molecular formula is C9H9ClN2O4. The summed E-state index contributed by atoms with van der Waals surface area (Å²) in [5, 5.41) is 19.6. The summed E-state index contributed by atoms with van der Waals surface area (Å²) in [7, 11) is 0. The van der Waals surface area contributed by atoms with Crippen LogP contribution in [-0.2, 0) is 0 Å². The van der Waals surface area contributed by atoms with E-state index >= 15 is 0 Å². The lowest BCUT2D eigenvalue weighted by molar-refractivity contribution is -0.384. The number of benzene rings is 1. The van der Waals surface area contributed by atoms with Crippen LogP contribution in [0.25, 0.3) is 0 Å². The lowest BCUT2D eigenvalue weighted by atomic mass is 10.2. The van der Waals surface area contributed by atoms with Crippen molar-refractivity contribution in [3.8, 4) is 0 Å². The van der Waals surface area contributed by atoms with E-state index < -0.39 is 11.0 Å². The summed E-state index contributed by atoms with van der Waals surface area (Å²) < 4.78 is 0. The molecule has 86 valence electrons.